The quantitative estimate of drug-likeness (QED) is 0.414. The fraction of sp³-hybridized carbons (Fsp3) is 0.455. The summed E-state index contributed by atoms with van der Waals surface area (Å²) < 4.78 is 21.9. The third-order valence-electron chi connectivity index (χ3n) is 5.54. The van der Waals surface area contributed by atoms with Crippen molar-refractivity contribution in [2.45, 2.75) is 6.42 Å². The normalized spacial score (nSPS) is 17.9. The van der Waals surface area contributed by atoms with Crippen molar-refractivity contribution in [3.8, 4) is 23.0 Å². The first-order chi connectivity index (χ1) is 13.7. The number of ether oxygens (including phenoxy) is 4. The molecule has 0 bridgehead atoms. The molecule has 1 aliphatic rings. The van der Waals surface area contributed by atoms with Gasteiger partial charge in [0.05, 0.1) is 35.0 Å². The maximum Gasteiger partial charge on any atom is 0.203 e. The van der Waals surface area contributed by atoms with Gasteiger partial charge in [0.25, 0.3) is 0 Å². The van der Waals surface area contributed by atoms with E-state index in [1.54, 1.807) is 33.3 Å². The van der Waals surface area contributed by atoms with Crippen LogP contribution in [0.3, 0.4) is 0 Å². The number of halogens is 2. The lowest BCUT2D eigenvalue weighted by Gasteiger charge is -2.30. The minimum absolute atomic E-state index is 0. The molecule has 0 saturated carbocycles. The van der Waals surface area contributed by atoms with Gasteiger partial charge in [0.1, 0.15) is 26.2 Å². The first kappa shape index (κ1) is 26.2. The molecule has 3 rings (SSSR count). The Morgan fingerprint density at radius 1 is 0.733 bits per heavy atom. The van der Waals surface area contributed by atoms with Gasteiger partial charge in [-0.1, -0.05) is 12.1 Å². The van der Waals surface area contributed by atoms with Crippen molar-refractivity contribution in [3.05, 3.63) is 42.0 Å². The molecular weight excluding hydrogens is 427 g/mol. The molecule has 2 aromatic rings. The second kappa shape index (κ2) is 12.7. The number of methoxy groups -OCH3 is 4. The highest BCUT2D eigenvalue weighted by molar-refractivity contribution is 5.53. The fourth-order valence-electron chi connectivity index (χ4n) is 3.96. The first-order valence-electron chi connectivity index (χ1n) is 9.80. The second-order valence-electron chi connectivity index (χ2n) is 7.09. The van der Waals surface area contributed by atoms with Gasteiger partial charge in [0.15, 0.2) is 22.9 Å². The summed E-state index contributed by atoms with van der Waals surface area (Å²) in [6.07, 6.45) is 0.982. The Morgan fingerprint density at radius 2 is 1.30 bits per heavy atom. The van der Waals surface area contributed by atoms with Gasteiger partial charge in [-0.3, -0.25) is 4.90 Å². The van der Waals surface area contributed by atoms with Crippen molar-refractivity contribution in [2.75, 3.05) is 61.2 Å². The van der Waals surface area contributed by atoms with Crippen LogP contribution < -0.4 is 53.6 Å². The van der Waals surface area contributed by atoms with Gasteiger partial charge in [-0.25, -0.2) is 0 Å². The highest BCUT2D eigenvalue weighted by atomic mass is 35.5. The van der Waals surface area contributed by atoms with Gasteiger partial charge in [-0.2, -0.15) is 0 Å². The number of hydrogen-bond acceptors (Lipinski definition) is 4. The molecule has 1 aliphatic heterocycles. The molecule has 0 aliphatic carbocycles. The molecule has 0 amide bonds. The number of nitrogens with one attached hydrogen (secondary N) is 2. The molecule has 168 valence electrons. The van der Waals surface area contributed by atoms with Crippen LogP contribution in [0.15, 0.2) is 36.4 Å². The van der Waals surface area contributed by atoms with E-state index in [-0.39, 0.29) is 24.8 Å². The Bertz CT molecular complexity index is 758. The zero-order valence-electron chi connectivity index (χ0n) is 18.1. The number of piperazine rings is 1. The van der Waals surface area contributed by atoms with E-state index in [1.165, 1.54) is 16.2 Å². The molecule has 1 heterocycles. The topological polar surface area (TPSA) is 45.8 Å². The minimum Gasteiger partial charge on any atom is -1.00 e. The monoisotopic (exact) mass is 458 g/mol. The van der Waals surface area contributed by atoms with Crippen LogP contribution in [0.2, 0.25) is 0 Å². The molecule has 2 aromatic carbocycles. The third kappa shape index (κ3) is 6.08. The van der Waals surface area contributed by atoms with Gasteiger partial charge < -0.3 is 48.7 Å². The molecule has 0 radical (unpaired) electrons. The molecule has 0 aromatic heterocycles. The van der Waals surface area contributed by atoms with E-state index in [0.29, 0.717) is 5.75 Å². The van der Waals surface area contributed by atoms with E-state index in [4.69, 9.17) is 18.9 Å². The zero-order chi connectivity index (χ0) is 19.9. The molecule has 1 fully saturated rings. The Morgan fingerprint density at radius 3 is 1.83 bits per heavy atom. The lowest BCUT2D eigenvalue weighted by atomic mass is 10.1. The van der Waals surface area contributed by atoms with Crippen molar-refractivity contribution in [2.24, 2.45) is 0 Å². The van der Waals surface area contributed by atoms with Gasteiger partial charge in [0.2, 0.25) is 5.75 Å². The molecule has 0 spiro atoms. The van der Waals surface area contributed by atoms with E-state index < -0.39 is 0 Å². The lowest BCUT2D eigenvalue weighted by molar-refractivity contribution is -0.986. The van der Waals surface area contributed by atoms with E-state index in [1.807, 2.05) is 12.1 Å². The molecule has 6 nitrogen and oxygen atoms in total. The van der Waals surface area contributed by atoms with Crippen LogP contribution in [0.25, 0.3) is 0 Å². The molecule has 30 heavy (non-hydrogen) atoms. The molecule has 8 heteroatoms. The predicted octanol–water partition coefficient (Wildman–Crippen LogP) is -5.61. The van der Waals surface area contributed by atoms with Crippen LogP contribution in [0.4, 0.5) is 5.69 Å². The number of benzene rings is 2. The standard InChI is InChI=1S/C22H30N2O4.2ClH/c1-25-19-8-6-5-7-18(19)24-13-11-23(12-14-24)10-9-17-15-20(26-2)22(28-4)21(16-17)27-3;;/h5-8,15-16H,9-14H2,1-4H3;2*1H. The molecule has 0 unspecified atom stereocenters. The maximum atomic E-state index is 5.53. The van der Waals surface area contributed by atoms with Crippen LogP contribution in [0, 0.1) is 0 Å². The summed E-state index contributed by atoms with van der Waals surface area (Å²) in [7, 11) is 6.70. The summed E-state index contributed by atoms with van der Waals surface area (Å²) in [5.41, 5.74) is 2.48. The molecule has 0 atom stereocenters. The van der Waals surface area contributed by atoms with Crippen LogP contribution in [0.1, 0.15) is 5.56 Å². The average molecular weight is 459 g/mol. The Hall–Kier alpha value is -1.86. The average Bonchev–Trinajstić information content (AvgIpc) is 2.77. The molecule has 1 saturated heterocycles. The highest BCUT2D eigenvalue weighted by Crippen LogP contribution is 2.38. The Kier molecular flexibility index (Phi) is 11.1. The third-order valence-corrected chi connectivity index (χ3v) is 5.54. The van der Waals surface area contributed by atoms with Gasteiger partial charge >= 0.3 is 0 Å². The smallest absolute Gasteiger partial charge is 0.203 e. The molecule has 2 N–H and O–H groups in total. The maximum absolute atomic E-state index is 5.53. The highest BCUT2D eigenvalue weighted by Gasteiger charge is 2.26. The fourth-order valence-corrected chi connectivity index (χ4v) is 3.96. The van der Waals surface area contributed by atoms with Crippen molar-refractivity contribution in [1.29, 1.82) is 0 Å². The second-order valence-corrected chi connectivity index (χ2v) is 7.09. The number of quaternary nitrogens is 2. The van der Waals surface area contributed by atoms with E-state index in [2.05, 4.69) is 24.3 Å². The van der Waals surface area contributed by atoms with Crippen molar-refractivity contribution in [1.82, 2.24) is 0 Å². The van der Waals surface area contributed by atoms with Crippen molar-refractivity contribution < 1.29 is 53.6 Å². The van der Waals surface area contributed by atoms with Crippen LogP contribution in [-0.4, -0.2) is 61.2 Å². The van der Waals surface area contributed by atoms with Crippen molar-refractivity contribution in [3.63, 3.8) is 0 Å². The van der Waals surface area contributed by atoms with E-state index in [0.717, 1.165) is 56.4 Å². The van der Waals surface area contributed by atoms with Crippen molar-refractivity contribution >= 4 is 5.69 Å². The van der Waals surface area contributed by atoms with Crippen LogP contribution in [-0.2, 0) is 6.42 Å². The first-order valence-corrected chi connectivity index (χ1v) is 9.80. The largest absolute Gasteiger partial charge is 1.00 e. The van der Waals surface area contributed by atoms with Gasteiger partial charge in [0, 0.05) is 12.5 Å². The number of rotatable bonds is 8. The summed E-state index contributed by atoms with van der Waals surface area (Å²) in [6, 6.07) is 12.4. The Labute approximate surface area is 191 Å². The SMILES string of the molecule is COc1ccccc1[NH+]1CC[NH+](CCc2cc(OC)c(OC)c(OC)c2)CC1.[Cl-].[Cl-]. The number of hydrogen-bond donors (Lipinski definition) is 2. The summed E-state index contributed by atoms with van der Waals surface area (Å²) in [5.74, 6) is 3.07. The molecular formula is C22H32Cl2N2O4. The summed E-state index contributed by atoms with van der Waals surface area (Å²) >= 11 is 0. The lowest BCUT2D eigenvalue weighted by Crippen LogP contribution is -3.26. The predicted molar refractivity (Wildman–Crippen MR) is 109 cm³/mol. The summed E-state index contributed by atoms with van der Waals surface area (Å²) in [4.78, 5) is 3.14. The van der Waals surface area contributed by atoms with E-state index >= 15 is 0 Å². The summed E-state index contributed by atoms with van der Waals surface area (Å²) in [5, 5.41) is 0. The van der Waals surface area contributed by atoms with Gasteiger partial charge in [-0.15, -0.1) is 0 Å². The minimum atomic E-state index is 0. The van der Waals surface area contributed by atoms with Crippen LogP contribution in [0.5, 0.6) is 23.0 Å². The number of para-hydroxylation sites is 2. The van der Waals surface area contributed by atoms with Gasteiger partial charge in [-0.05, 0) is 23.8 Å². The van der Waals surface area contributed by atoms with E-state index in [9.17, 15) is 0 Å². The van der Waals surface area contributed by atoms with Crippen LogP contribution >= 0.6 is 0 Å². The Balaban J connectivity index is 0.00000225. The zero-order valence-corrected chi connectivity index (χ0v) is 19.6. The summed E-state index contributed by atoms with van der Waals surface area (Å²) in [6.45, 7) is 5.63.